The molecule has 64 valence electrons. The number of rotatable bonds is 1. The number of ether oxygens (including phenoxy) is 1. The van der Waals surface area contributed by atoms with Crippen molar-refractivity contribution < 1.29 is 13.9 Å². The number of carbonyl (C=O) groups excluding carboxylic acids is 1. The van der Waals surface area contributed by atoms with E-state index in [0.717, 1.165) is 0 Å². The van der Waals surface area contributed by atoms with Crippen LogP contribution in [0.4, 0.5) is 9.18 Å². The van der Waals surface area contributed by atoms with Gasteiger partial charge >= 0.3 is 6.22 Å². The summed E-state index contributed by atoms with van der Waals surface area (Å²) < 4.78 is 15.8. The molecule has 12 heavy (non-hydrogen) atoms. The first-order valence-electron chi connectivity index (χ1n) is 2.91. The molecule has 0 spiro atoms. The second-order valence-electron chi connectivity index (χ2n) is 1.94. The fourth-order valence-corrected chi connectivity index (χ4v) is 1.19. The lowest BCUT2D eigenvalue weighted by molar-refractivity contribution is 0.175. The zero-order chi connectivity index (χ0) is 9.14. The van der Waals surface area contributed by atoms with E-state index in [1.165, 1.54) is 18.2 Å². The number of carbonyl (C=O) groups is 1. The quantitative estimate of drug-likeness (QED) is 0.662. The van der Waals surface area contributed by atoms with Gasteiger partial charge in [-0.15, -0.1) is 4.39 Å². The van der Waals surface area contributed by atoms with Gasteiger partial charge in [0.05, 0.1) is 0 Å². The average molecular weight is 209 g/mol. The monoisotopic (exact) mass is 208 g/mol. The van der Waals surface area contributed by atoms with Crippen LogP contribution in [0.5, 0.6) is 5.75 Å². The molecule has 2 nitrogen and oxygen atoms in total. The number of halogens is 3. The standard InChI is InChI=1S/C7H3Cl2FO2/c8-4-1-5(9)3-6(2-4)12-7(10)11/h1-3H. The minimum absolute atomic E-state index is 0.0139. The maximum Gasteiger partial charge on any atom is 0.500 e. The van der Waals surface area contributed by atoms with Crippen LogP contribution in [0.2, 0.25) is 10.0 Å². The molecule has 0 amide bonds. The topological polar surface area (TPSA) is 26.3 Å². The molecule has 0 aliphatic heterocycles. The number of hydrogen-bond acceptors (Lipinski definition) is 2. The van der Waals surface area contributed by atoms with E-state index in [1.807, 2.05) is 0 Å². The predicted molar refractivity (Wildman–Crippen MR) is 43.6 cm³/mol. The lowest BCUT2D eigenvalue weighted by atomic mass is 10.3. The van der Waals surface area contributed by atoms with Crippen molar-refractivity contribution in [3.05, 3.63) is 28.2 Å². The molecule has 0 N–H and O–H groups in total. The molecule has 0 radical (unpaired) electrons. The largest absolute Gasteiger partial charge is 0.500 e. The van der Waals surface area contributed by atoms with E-state index in [4.69, 9.17) is 23.2 Å². The highest BCUT2D eigenvalue weighted by Gasteiger charge is 2.03. The van der Waals surface area contributed by atoms with Gasteiger partial charge in [-0.2, -0.15) is 0 Å². The van der Waals surface area contributed by atoms with Gasteiger partial charge in [-0.3, -0.25) is 0 Å². The SMILES string of the molecule is O=C(F)Oc1cc(Cl)cc(Cl)c1. The summed E-state index contributed by atoms with van der Waals surface area (Å²) in [6.45, 7) is 0. The van der Waals surface area contributed by atoms with E-state index in [2.05, 4.69) is 4.74 Å². The van der Waals surface area contributed by atoms with Crippen molar-refractivity contribution in [1.29, 1.82) is 0 Å². The molecule has 0 saturated heterocycles. The van der Waals surface area contributed by atoms with E-state index in [1.54, 1.807) is 0 Å². The molecule has 0 aromatic heterocycles. The van der Waals surface area contributed by atoms with Crippen LogP contribution >= 0.6 is 23.2 Å². The third-order valence-electron chi connectivity index (χ3n) is 1.03. The Morgan fingerprint density at radius 2 is 1.75 bits per heavy atom. The first-order valence-corrected chi connectivity index (χ1v) is 3.67. The lowest BCUT2D eigenvalue weighted by Gasteiger charge is -1.99. The number of hydrogen-bond donors (Lipinski definition) is 0. The van der Waals surface area contributed by atoms with Crippen molar-refractivity contribution >= 4 is 29.4 Å². The van der Waals surface area contributed by atoms with Crippen molar-refractivity contribution in [1.82, 2.24) is 0 Å². The Balaban J connectivity index is 2.93. The maximum absolute atomic E-state index is 11.7. The molecular formula is C7H3Cl2FO2. The molecule has 0 saturated carbocycles. The van der Waals surface area contributed by atoms with Crippen molar-refractivity contribution in [2.24, 2.45) is 0 Å². The molecule has 1 aromatic rings. The second-order valence-corrected chi connectivity index (χ2v) is 2.82. The first kappa shape index (κ1) is 9.29. The van der Waals surface area contributed by atoms with Crippen LogP contribution in [0.3, 0.4) is 0 Å². The van der Waals surface area contributed by atoms with Gasteiger partial charge in [0.25, 0.3) is 0 Å². The molecule has 0 aliphatic carbocycles. The van der Waals surface area contributed by atoms with Gasteiger partial charge in [-0.05, 0) is 18.2 Å². The van der Waals surface area contributed by atoms with E-state index >= 15 is 0 Å². The van der Waals surface area contributed by atoms with Gasteiger partial charge in [0.15, 0.2) is 0 Å². The Bertz CT molecular complexity index is 294. The van der Waals surface area contributed by atoms with Crippen LogP contribution < -0.4 is 4.74 Å². The second kappa shape index (κ2) is 3.74. The first-order chi connectivity index (χ1) is 5.58. The molecule has 0 aliphatic rings. The highest BCUT2D eigenvalue weighted by atomic mass is 35.5. The molecule has 1 aromatic carbocycles. The zero-order valence-corrected chi connectivity index (χ0v) is 7.19. The fraction of sp³-hybridized carbons (Fsp3) is 0. The Hall–Kier alpha value is -0.800. The highest BCUT2D eigenvalue weighted by molar-refractivity contribution is 6.34. The van der Waals surface area contributed by atoms with Crippen molar-refractivity contribution in [3.63, 3.8) is 0 Å². The molecule has 0 heterocycles. The average Bonchev–Trinajstić information content (AvgIpc) is 1.81. The smallest absolute Gasteiger partial charge is 0.401 e. The summed E-state index contributed by atoms with van der Waals surface area (Å²) in [6, 6.07) is 4.01. The van der Waals surface area contributed by atoms with Crippen LogP contribution in [-0.2, 0) is 0 Å². The molecule has 0 unspecified atom stereocenters. The molecule has 0 bridgehead atoms. The number of benzene rings is 1. The lowest BCUT2D eigenvalue weighted by Crippen LogP contribution is -1.96. The molecule has 1 rings (SSSR count). The van der Waals surface area contributed by atoms with Crippen LogP contribution in [0.1, 0.15) is 0 Å². The minimum Gasteiger partial charge on any atom is -0.401 e. The van der Waals surface area contributed by atoms with Gasteiger partial charge in [-0.25, -0.2) is 4.79 Å². The van der Waals surface area contributed by atoms with Gasteiger partial charge in [0.2, 0.25) is 0 Å². The van der Waals surface area contributed by atoms with Gasteiger partial charge in [0, 0.05) is 10.0 Å². The van der Waals surface area contributed by atoms with Crippen LogP contribution in [0.25, 0.3) is 0 Å². The van der Waals surface area contributed by atoms with E-state index in [9.17, 15) is 9.18 Å². The van der Waals surface area contributed by atoms with E-state index in [-0.39, 0.29) is 15.8 Å². The summed E-state index contributed by atoms with van der Waals surface area (Å²) in [7, 11) is 0. The van der Waals surface area contributed by atoms with Crippen molar-refractivity contribution in [2.45, 2.75) is 0 Å². The van der Waals surface area contributed by atoms with Crippen LogP contribution in [-0.4, -0.2) is 6.22 Å². The molecule has 5 heteroatoms. The molecule has 0 atom stereocenters. The normalized spacial score (nSPS) is 9.58. The van der Waals surface area contributed by atoms with Gasteiger partial charge in [-0.1, -0.05) is 23.2 Å². The summed E-state index contributed by atoms with van der Waals surface area (Å²) in [5.41, 5.74) is 0. The summed E-state index contributed by atoms with van der Waals surface area (Å²) in [5, 5.41) is 0.553. The third kappa shape index (κ3) is 2.68. The zero-order valence-electron chi connectivity index (χ0n) is 5.68. The summed E-state index contributed by atoms with van der Waals surface area (Å²) in [5.74, 6) is -0.0139. The fourth-order valence-electron chi connectivity index (χ4n) is 0.680. The Morgan fingerprint density at radius 3 is 2.17 bits per heavy atom. The Kier molecular flexibility index (Phi) is 2.89. The van der Waals surface area contributed by atoms with Crippen LogP contribution in [0, 0.1) is 0 Å². The van der Waals surface area contributed by atoms with Gasteiger partial charge in [0.1, 0.15) is 5.75 Å². The predicted octanol–water partition coefficient (Wildman–Crippen LogP) is 3.46. The Morgan fingerprint density at radius 1 is 1.25 bits per heavy atom. The summed E-state index contributed by atoms with van der Waals surface area (Å²) in [4.78, 5) is 9.86. The summed E-state index contributed by atoms with van der Waals surface area (Å²) in [6.07, 6.45) is -1.90. The van der Waals surface area contributed by atoms with E-state index in [0.29, 0.717) is 0 Å². The minimum atomic E-state index is -1.90. The Labute approximate surface area is 77.8 Å². The molecule has 0 fully saturated rings. The summed E-state index contributed by atoms with van der Waals surface area (Å²) >= 11 is 11.1. The molecular weight excluding hydrogens is 206 g/mol. The van der Waals surface area contributed by atoms with Crippen molar-refractivity contribution in [3.8, 4) is 5.75 Å². The third-order valence-corrected chi connectivity index (χ3v) is 1.47. The van der Waals surface area contributed by atoms with Gasteiger partial charge < -0.3 is 4.74 Å². The van der Waals surface area contributed by atoms with Crippen molar-refractivity contribution in [2.75, 3.05) is 0 Å². The maximum atomic E-state index is 11.7. The van der Waals surface area contributed by atoms with E-state index < -0.39 is 6.22 Å². The van der Waals surface area contributed by atoms with Crippen LogP contribution in [0.15, 0.2) is 18.2 Å². The highest BCUT2D eigenvalue weighted by Crippen LogP contribution is 2.24.